The monoisotopic (exact) mass is 480 g/mol. The van der Waals surface area contributed by atoms with Crippen LogP contribution in [0.1, 0.15) is 11.5 Å². The highest BCUT2D eigenvalue weighted by atomic mass is 35.5. The number of nitrogens with two attached hydrogens (primary N) is 1. The predicted molar refractivity (Wildman–Crippen MR) is 107 cm³/mol. The number of methoxy groups -OCH3 is 1. The molecule has 2 atom stereocenters. The molecule has 0 aliphatic carbocycles. The number of benzene rings is 1. The lowest BCUT2D eigenvalue weighted by atomic mass is 9.75. The zero-order chi connectivity index (χ0) is 23.9. The smallest absolute Gasteiger partial charge is 0.422 e. The van der Waals surface area contributed by atoms with Gasteiger partial charge in [-0.15, -0.1) is 0 Å². The van der Waals surface area contributed by atoms with Crippen LogP contribution >= 0.6 is 11.6 Å². The van der Waals surface area contributed by atoms with Gasteiger partial charge >= 0.3 is 18.1 Å². The molecule has 32 heavy (non-hydrogen) atoms. The van der Waals surface area contributed by atoms with Crippen molar-refractivity contribution in [3.8, 4) is 0 Å². The largest absolute Gasteiger partial charge is 0.468 e. The van der Waals surface area contributed by atoms with Gasteiger partial charge in [-0.3, -0.25) is 9.79 Å². The normalized spacial score (nSPS) is 18.9. The summed E-state index contributed by atoms with van der Waals surface area (Å²) in [7, 11) is 1.05. The quantitative estimate of drug-likeness (QED) is 0.331. The molecule has 0 aromatic heterocycles. The third-order valence-electron chi connectivity index (χ3n) is 4.51. The lowest BCUT2D eigenvalue weighted by Gasteiger charge is -2.32. The number of hydrogen-bond donors (Lipinski definition) is 1. The van der Waals surface area contributed by atoms with Crippen molar-refractivity contribution in [2.75, 3.05) is 40.1 Å². The van der Waals surface area contributed by atoms with Gasteiger partial charge in [0.2, 0.25) is 0 Å². The van der Waals surface area contributed by atoms with Crippen LogP contribution in [0.3, 0.4) is 0 Å². The summed E-state index contributed by atoms with van der Waals surface area (Å²) in [6.07, 6.45) is -4.80. The molecule has 0 bridgehead atoms. The molecular formula is C20H21ClF4N2O5. The minimum absolute atomic E-state index is 0.0338. The zero-order valence-corrected chi connectivity index (χ0v) is 17.7. The first-order valence-corrected chi connectivity index (χ1v) is 9.72. The van der Waals surface area contributed by atoms with Gasteiger partial charge in [0.15, 0.2) is 6.61 Å². The molecular weight excluding hydrogens is 460 g/mol. The van der Waals surface area contributed by atoms with Gasteiger partial charge in [-0.25, -0.2) is 9.18 Å². The van der Waals surface area contributed by atoms with Crippen LogP contribution in [0.4, 0.5) is 17.6 Å². The van der Waals surface area contributed by atoms with E-state index in [0.29, 0.717) is 0 Å². The van der Waals surface area contributed by atoms with E-state index in [9.17, 15) is 27.2 Å². The van der Waals surface area contributed by atoms with E-state index in [1.165, 1.54) is 12.1 Å². The van der Waals surface area contributed by atoms with Crippen LogP contribution in [-0.4, -0.2) is 64.0 Å². The fourth-order valence-electron chi connectivity index (χ4n) is 3.25. The van der Waals surface area contributed by atoms with E-state index in [2.05, 4.69) is 9.73 Å². The number of esters is 2. The van der Waals surface area contributed by atoms with Gasteiger partial charge in [0, 0.05) is 17.5 Å². The minimum Gasteiger partial charge on any atom is -0.468 e. The summed E-state index contributed by atoms with van der Waals surface area (Å²) < 4.78 is 66.4. The molecule has 1 aromatic carbocycles. The molecule has 0 saturated heterocycles. The van der Waals surface area contributed by atoms with E-state index in [1.807, 2.05) is 0 Å². The molecule has 1 aliphatic rings. The van der Waals surface area contributed by atoms with Gasteiger partial charge in [0.05, 0.1) is 37.3 Å². The molecule has 0 fully saturated rings. The highest BCUT2D eigenvalue weighted by Gasteiger charge is 2.45. The fraction of sp³-hybridized carbons (Fsp3) is 0.450. The Balaban J connectivity index is 2.70. The summed E-state index contributed by atoms with van der Waals surface area (Å²) >= 11 is 6.27. The van der Waals surface area contributed by atoms with Gasteiger partial charge in [-0.2, -0.15) is 13.2 Å². The van der Waals surface area contributed by atoms with E-state index in [0.717, 1.165) is 7.11 Å². The SMILES string of the molecule is COC(=O)C1C(CF)=NC(COCCN)=C(C(=O)OCC(F)(F)F)C1c1ccccc1Cl. The Morgan fingerprint density at radius 1 is 1.25 bits per heavy atom. The second-order valence-corrected chi connectivity index (χ2v) is 7.04. The lowest BCUT2D eigenvalue weighted by molar-refractivity contribution is -0.183. The predicted octanol–water partition coefficient (Wildman–Crippen LogP) is 2.97. The van der Waals surface area contributed by atoms with Crippen LogP contribution in [0.5, 0.6) is 0 Å². The Kier molecular flexibility index (Phi) is 9.17. The molecule has 2 N–H and O–H groups in total. The van der Waals surface area contributed by atoms with Gasteiger partial charge < -0.3 is 19.9 Å². The highest BCUT2D eigenvalue weighted by molar-refractivity contribution is 6.31. The first-order chi connectivity index (χ1) is 15.1. The lowest BCUT2D eigenvalue weighted by Crippen LogP contribution is -2.39. The van der Waals surface area contributed by atoms with Gasteiger partial charge in [-0.05, 0) is 11.6 Å². The molecule has 0 amide bonds. The van der Waals surface area contributed by atoms with E-state index in [4.69, 9.17) is 26.8 Å². The average Bonchev–Trinajstić information content (AvgIpc) is 2.76. The number of alkyl halides is 4. The van der Waals surface area contributed by atoms with Crippen LogP contribution < -0.4 is 5.73 Å². The number of nitrogens with zero attached hydrogens (tertiary/aromatic N) is 1. The van der Waals surface area contributed by atoms with E-state index < -0.39 is 48.8 Å². The maximum Gasteiger partial charge on any atom is 0.422 e. The summed E-state index contributed by atoms with van der Waals surface area (Å²) in [5.74, 6) is -5.13. The van der Waals surface area contributed by atoms with Crippen molar-refractivity contribution >= 4 is 29.3 Å². The fourth-order valence-corrected chi connectivity index (χ4v) is 3.50. The summed E-state index contributed by atoms with van der Waals surface area (Å²) in [4.78, 5) is 29.4. The van der Waals surface area contributed by atoms with Gasteiger partial charge in [0.1, 0.15) is 12.6 Å². The number of ether oxygens (including phenoxy) is 3. The third-order valence-corrected chi connectivity index (χ3v) is 4.86. The second-order valence-electron chi connectivity index (χ2n) is 6.63. The maximum absolute atomic E-state index is 13.9. The third kappa shape index (κ3) is 6.27. The summed E-state index contributed by atoms with van der Waals surface area (Å²) in [6, 6.07) is 6.02. The molecule has 1 aromatic rings. The van der Waals surface area contributed by atoms with Crippen molar-refractivity contribution in [1.82, 2.24) is 0 Å². The molecule has 0 radical (unpaired) electrons. The highest BCUT2D eigenvalue weighted by Crippen LogP contribution is 2.43. The number of hydrogen-bond acceptors (Lipinski definition) is 7. The summed E-state index contributed by atoms with van der Waals surface area (Å²) in [5.41, 5.74) is 4.66. The molecule has 0 saturated carbocycles. The minimum atomic E-state index is -4.80. The van der Waals surface area contributed by atoms with Gasteiger partial charge in [-0.1, -0.05) is 29.8 Å². The first-order valence-electron chi connectivity index (χ1n) is 9.35. The van der Waals surface area contributed by atoms with Crippen molar-refractivity contribution in [2.24, 2.45) is 16.6 Å². The Morgan fingerprint density at radius 3 is 2.50 bits per heavy atom. The molecule has 12 heteroatoms. The first kappa shape index (κ1) is 25.8. The average molecular weight is 481 g/mol. The Labute approximate surface area is 186 Å². The van der Waals surface area contributed by atoms with Gasteiger partial charge in [0.25, 0.3) is 0 Å². The number of carbonyl (C=O) groups excluding carboxylic acids is 2. The summed E-state index contributed by atoms with van der Waals surface area (Å²) in [5, 5.41) is 0.0925. The molecule has 1 aliphatic heterocycles. The van der Waals surface area contributed by atoms with E-state index in [1.54, 1.807) is 12.1 Å². The molecule has 2 rings (SSSR count). The Hall–Kier alpha value is -2.50. The van der Waals surface area contributed by atoms with Crippen LogP contribution in [0, 0.1) is 5.92 Å². The van der Waals surface area contributed by atoms with Crippen molar-refractivity contribution in [3.05, 3.63) is 46.1 Å². The van der Waals surface area contributed by atoms with Crippen molar-refractivity contribution in [3.63, 3.8) is 0 Å². The maximum atomic E-state index is 13.9. The molecule has 1 heterocycles. The number of carbonyl (C=O) groups is 2. The Morgan fingerprint density at radius 2 is 1.94 bits per heavy atom. The zero-order valence-electron chi connectivity index (χ0n) is 17.0. The second kappa shape index (κ2) is 11.4. The van der Waals surface area contributed by atoms with E-state index >= 15 is 0 Å². The van der Waals surface area contributed by atoms with Crippen molar-refractivity contribution in [2.45, 2.75) is 12.1 Å². The number of halogens is 5. The van der Waals surface area contributed by atoms with E-state index in [-0.39, 0.29) is 41.8 Å². The molecule has 176 valence electrons. The number of aliphatic imine (C=N–C) groups is 1. The molecule has 7 nitrogen and oxygen atoms in total. The van der Waals surface area contributed by atoms with Crippen LogP contribution in [0.2, 0.25) is 5.02 Å². The Bertz CT molecular complexity index is 904. The van der Waals surface area contributed by atoms with Crippen LogP contribution in [0.15, 0.2) is 40.5 Å². The standard InChI is InChI=1S/C20H21ClF4N2O5/c1-30-18(28)16-13(8-22)27-14(9-31-7-6-26)17(19(29)32-10-20(23,24)25)15(16)11-4-2-3-5-12(11)21/h2-5,15-16H,6-10,26H2,1H3. The van der Waals surface area contributed by atoms with Crippen LogP contribution in [-0.2, 0) is 23.8 Å². The topological polar surface area (TPSA) is 100 Å². The van der Waals surface area contributed by atoms with Crippen molar-refractivity contribution < 1.29 is 41.4 Å². The van der Waals surface area contributed by atoms with Crippen molar-refractivity contribution in [1.29, 1.82) is 0 Å². The van der Waals surface area contributed by atoms with Crippen LogP contribution in [0.25, 0.3) is 0 Å². The summed E-state index contributed by atoms with van der Waals surface area (Å²) in [6.45, 7) is -3.30. The molecule has 2 unspecified atom stereocenters. The number of rotatable bonds is 9. The molecule has 0 spiro atoms.